The van der Waals surface area contributed by atoms with Crippen LogP contribution < -0.4 is 5.73 Å². The molecule has 1 aromatic heterocycles. The van der Waals surface area contributed by atoms with Crippen molar-refractivity contribution in [3.63, 3.8) is 0 Å². The number of imidazole rings is 1. The van der Waals surface area contributed by atoms with Gasteiger partial charge >= 0.3 is 0 Å². The number of nitrogens with two attached hydrogens (primary N) is 1. The van der Waals surface area contributed by atoms with Gasteiger partial charge in [-0.15, -0.1) is 0 Å². The highest BCUT2D eigenvalue weighted by Gasteiger charge is 2.24. The summed E-state index contributed by atoms with van der Waals surface area (Å²) in [6.07, 6.45) is 10.1. The van der Waals surface area contributed by atoms with Crippen LogP contribution >= 0.6 is 0 Å². The van der Waals surface area contributed by atoms with Crippen molar-refractivity contribution in [1.82, 2.24) is 9.55 Å². The molecule has 0 aromatic carbocycles. The van der Waals surface area contributed by atoms with Crippen LogP contribution in [0.15, 0.2) is 12.4 Å². The van der Waals surface area contributed by atoms with Gasteiger partial charge in [-0.2, -0.15) is 0 Å². The zero-order valence-electron chi connectivity index (χ0n) is 10.4. The Labute approximate surface area is 98.1 Å². The van der Waals surface area contributed by atoms with Crippen LogP contribution in [0, 0.1) is 11.8 Å². The smallest absolute Gasteiger partial charge is 0.109 e. The van der Waals surface area contributed by atoms with E-state index in [0.717, 1.165) is 18.2 Å². The summed E-state index contributed by atoms with van der Waals surface area (Å²) in [5.74, 6) is 2.72. The van der Waals surface area contributed by atoms with E-state index in [1.807, 2.05) is 19.4 Å². The van der Waals surface area contributed by atoms with Crippen molar-refractivity contribution < 1.29 is 0 Å². The quantitative estimate of drug-likeness (QED) is 0.849. The number of rotatable bonds is 3. The molecule has 0 saturated heterocycles. The molecule has 16 heavy (non-hydrogen) atoms. The largest absolute Gasteiger partial charge is 0.338 e. The Morgan fingerprint density at radius 1 is 1.44 bits per heavy atom. The Bertz CT molecular complexity index is 324. The molecule has 0 amide bonds. The van der Waals surface area contributed by atoms with Crippen LogP contribution in [0.25, 0.3) is 0 Å². The first-order chi connectivity index (χ1) is 7.66. The summed E-state index contributed by atoms with van der Waals surface area (Å²) in [5.41, 5.74) is 6.30. The number of hydrogen-bond donors (Lipinski definition) is 1. The van der Waals surface area contributed by atoms with Crippen molar-refractivity contribution >= 4 is 0 Å². The monoisotopic (exact) mass is 221 g/mol. The predicted molar refractivity (Wildman–Crippen MR) is 66.0 cm³/mol. The number of hydrogen-bond acceptors (Lipinski definition) is 2. The Morgan fingerprint density at radius 3 is 2.69 bits per heavy atom. The lowest BCUT2D eigenvalue weighted by molar-refractivity contribution is 0.251. The second-order valence-corrected chi connectivity index (χ2v) is 5.34. The first kappa shape index (κ1) is 11.6. The van der Waals surface area contributed by atoms with Gasteiger partial charge in [-0.25, -0.2) is 4.98 Å². The van der Waals surface area contributed by atoms with Crippen LogP contribution in [0.3, 0.4) is 0 Å². The molecule has 1 aliphatic rings. The van der Waals surface area contributed by atoms with Crippen LogP contribution in [-0.4, -0.2) is 15.6 Å². The minimum atomic E-state index is 0.286. The zero-order chi connectivity index (χ0) is 11.5. The first-order valence-corrected chi connectivity index (χ1v) is 6.38. The Balaban J connectivity index is 1.88. The minimum absolute atomic E-state index is 0.286. The molecule has 3 nitrogen and oxygen atoms in total. The average Bonchev–Trinajstić information content (AvgIpc) is 2.65. The molecule has 1 fully saturated rings. The van der Waals surface area contributed by atoms with E-state index in [9.17, 15) is 0 Å². The summed E-state index contributed by atoms with van der Waals surface area (Å²) >= 11 is 0. The number of nitrogens with zero attached hydrogens (tertiary/aromatic N) is 2. The normalized spacial score (nSPS) is 27.9. The zero-order valence-corrected chi connectivity index (χ0v) is 10.4. The highest BCUT2D eigenvalue weighted by atomic mass is 15.0. The molecule has 0 aliphatic heterocycles. The third-order valence-electron chi connectivity index (χ3n) is 4.01. The molecule has 1 heterocycles. The van der Waals surface area contributed by atoms with Gasteiger partial charge in [0.1, 0.15) is 5.82 Å². The fraction of sp³-hybridized carbons (Fsp3) is 0.769. The molecule has 2 N–H and O–H groups in total. The molecule has 0 bridgehead atoms. The van der Waals surface area contributed by atoms with E-state index >= 15 is 0 Å². The van der Waals surface area contributed by atoms with Crippen molar-refractivity contribution in [2.24, 2.45) is 24.6 Å². The molecular weight excluding hydrogens is 198 g/mol. The second kappa shape index (κ2) is 5.00. The Kier molecular flexibility index (Phi) is 3.64. The number of aryl methyl sites for hydroxylation is 1. The van der Waals surface area contributed by atoms with E-state index in [1.54, 1.807) is 0 Å². The van der Waals surface area contributed by atoms with Crippen molar-refractivity contribution in [1.29, 1.82) is 0 Å². The Hall–Kier alpha value is -0.830. The van der Waals surface area contributed by atoms with E-state index in [0.29, 0.717) is 5.92 Å². The van der Waals surface area contributed by atoms with Crippen molar-refractivity contribution in [2.45, 2.75) is 45.1 Å². The maximum atomic E-state index is 6.30. The van der Waals surface area contributed by atoms with Crippen molar-refractivity contribution in [2.75, 3.05) is 0 Å². The molecule has 90 valence electrons. The van der Waals surface area contributed by atoms with Crippen LogP contribution in [0.2, 0.25) is 0 Å². The van der Waals surface area contributed by atoms with E-state index in [-0.39, 0.29) is 6.04 Å². The topological polar surface area (TPSA) is 43.8 Å². The van der Waals surface area contributed by atoms with Gasteiger partial charge in [0.25, 0.3) is 0 Å². The standard InChI is InChI=1S/C13H23N3/c1-10-3-5-11(6-4-10)12(14)9-13-15-7-8-16(13)2/h7-8,10-12H,3-6,9,14H2,1-2H3. The van der Waals surface area contributed by atoms with Gasteiger partial charge in [0.2, 0.25) is 0 Å². The van der Waals surface area contributed by atoms with E-state index in [2.05, 4.69) is 16.5 Å². The van der Waals surface area contributed by atoms with Crippen LogP contribution in [0.1, 0.15) is 38.4 Å². The van der Waals surface area contributed by atoms with Gasteiger partial charge in [0, 0.05) is 31.9 Å². The third-order valence-corrected chi connectivity index (χ3v) is 4.01. The van der Waals surface area contributed by atoms with Gasteiger partial charge in [-0.05, 0) is 24.7 Å². The fourth-order valence-electron chi connectivity index (χ4n) is 2.68. The lowest BCUT2D eigenvalue weighted by atomic mass is 9.78. The summed E-state index contributed by atoms with van der Waals surface area (Å²) in [4.78, 5) is 4.35. The van der Waals surface area contributed by atoms with E-state index in [1.165, 1.54) is 25.7 Å². The molecule has 0 spiro atoms. The number of aromatic nitrogens is 2. The predicted octanol–water partition coefficient (Wildman–Crippen LogP) is 2.12. The Morgan fingerprint density at radius 2 is 2.12 bits per heavy atom. The van der Waals surface area contributed by atoms with E-state index < -0.39 is 0 Å². The average molecular weight is 221 g/mol. The molecule has 1 aromatic rings. The van der Waals surface area contributed by atoms with Gasteiger partial charge < -0.3 is 10.3 Å². The van der Waals surface area contributed by atoms with Gasteiger partial charge in [-0.3, -0.25) is 0 Å². The molecule has 1 aliphatic carbocycles. The first-order valence-electron chi connectivity index (χ1n) is 6.38. The maximum absolute atomic E-state index is 6.30. The van der Waals surface area contributed by atoms with Crippen molar-refractivity contribution in [3.05, 3.63) is 18.2 Å². The van der Waals surface area contributed by atoms with Gasteiger partial charge in [-0.1, -0.05) is 19.8 Å². The molecule has 0 radical (unpaired) electrons. The summed E-state index contributed by atoms with van der Waals surface area (Å²) in [6.45, 7) is 2.35. The molecule has 2 rings (SSSR count). The summed E-state index contributed by atoms with van der Waals surface area (Å²) in [6, 6.07) is 0.286. The lowest BCUT2D eigenvalue weighted by Crippen LogP contribution is -2.35. The molecule has 1 saturated carbocycles. The SMILES string of the molecule is CC1CCC(C(N)Cc2nccn2C)CC1. The second-order valence-electron chi connectivity index (χ2n) is 5.34. The minimum Gasteiger partial charge on any atom is -0.338 e. The highest BCUT2D eigenvalue weighted by molar-refractivity contribution is 4.95. The maximum Gasteiger partial charge on any atom is 0.109 e. The van der Waals surface area contributed by atoms with Gasteiger partial charge in [0.15, 0.2) is 0 Å². The summed E-state index contributed by atoms with van der Waals surface area (Å²) in [7, 11) is 2.04. The lowest BCUT2D eigenvalue weighted by Gasteiger charge is -2.30. The van der Waals surface area contributed by atoms with Crippen LogP contribution in [0.4, 0.5) is 0 Å². The summed E-state index contributed by atoms with van der Waals surface area (Å²) < 4.78 is 2.07. The van der Waals surface area contributed by atoms with Crippen LogP contribution in [0.5, 0.6) is 0 Å². The molecule has 1 unspecified atom stereocenters. The highest BCUT2D eigenvalue weighted by Crippen LogP contribution is 2.30. The van der Waals surface area contributed by atoms with Crippen molar-refractivity contribution in [3.8, 4) is 0 Å². The molecular formula is C13H23N3. The fourth-order valence-corrected chi connectivity index (χ4v) is 2.68. The van der Waals surface area contributed by atoms with Gasteiger partial charge in [0.05, 0.1) is 0 Å². The summed E-state index contributed by atoms with van der Waals surface area (Å²) in [5, 5.41) is 0. The molecule has 1 atom stereocenters. The third kappa shape index (κ3) is 2.64. The van der Waals surface area contributed by atoms with Crippen LogP contribution in [-0.2, 0) is 13.5 Å². The van der Waals surface area contributed by atoms with E-state index in [4.69, 9.17) is 5.73 Å². The molecule has 3 heteroatoms.